The molecule has 1 atom stereocenters. The molecule has 0 saturated carbocycles. The van der Waals surface area contributed by atoms with Crippen molar-refractivity contribution in [3.05, 3.63) is 64.7 Å². The average Bonchev–Trinajstić information content (AvgIpc) is 3.37. The van der Waals surface area contributed by atoms with E-state index >= 15 is 0 Å². The molecule has 0 radical (unpaired) electrons. The monoisotopic (exact) mass is 411 g/mol. The van der Waals surface area contributed by atoms with Gasteiger partial charge in [-0.25, -0.2) is 0 Å². The Morgan fingerprint density at radius 2 is 1.72 bits per heavy atom. The van der Waals surface area contributed by atoms with Crippen molar-refractivity contribution in [1.82, 2.24) is 10.2 Å². The quantitative estimate of drug-likeness (QED) is 0.790. The molecule has 152 valence electrons. The van der Waals surface area contributed by atoms with Crippen LogP contribution in [0.3, 0.4) is 0 Å². The molecule has 2 aliphatic rings. The van der Waals surface area contributed by atoms with Crippen LogP contribution in [0.25, 0.3) is 0 Å². The average molecular weight is 412 g/mol. The van der Waals surface area contributed by atoms with Crippen molar-refractivity contribution < 1.29 is 9.59 Å². The van der Waals surface area contributed by atoms with Gasteiger partial charge in [0, 0.05) is 26.1 Å². The van der Waals surface area contributed by atoms with E-state index in [-0.39, 0.29) is 24.2 Å². The number of benzene rings is 2. The number of hydrogen-bond acceptors (Lipinski definition) is 3. The Hall–Kier alpha value is -2.37. The van der Waals surface area contributed by atoms with Gasteiger partial charge < -0.3 is 10.2 Å². The van der Waals surface area contributed by atoms with E-state index in [2.05, 4.69) is 34.5 Å². The lowest BCUT2D eigenvalue weighted by Gasteiger charge is -2.18. The Kier molecular flexibility index (Phi) is 6.16. The van der Waals surface area contributed by atoms with Gasteiger partial charge in [0.05, 0.1) is 16.6 Å². The molecule has 6 heteroatoms. The van der Waals surface area contributed by atoms with Crippen molar-refractivity contribution in [2.75, 3.05) is 24.5 Å². The van der Waals surface area contributed by atoms with Gasteiger partial charge in [0.1, 0.15) is 0 Å². The van der Waals surface area contributed by atoms with Gasteiger partial charge in [-0.2, -0.15) is 0 Å². The fourth-order valence-electron chi connectivity index (χ4n) is 4.08. The first-order valence-electron chi connectivity index (χ1n) is 10.2. The summed E-state index contributed by atoms with van der Waals surface area (Å²) in [6, 6.07) is 15.6. The summed E-state index contributed by atoms with van der Waals surface area (Å²) < 4.78 is 0. The number of hydrogen-bond donors (Lipinski definition) is 1. The standard InChI is InChI=1S/C23H26ClN3O2/c24-20-5-1-2-6-21(20)27-16-19(13-22(27)28)23(29)25-14-17-7-9-18(10-8-17)15-26-11-3-4-12-26/h1-2,5-10,19H,3-4,11-16H2,(H,25,29). The lowest BCUT2D eigenvalue weighted by Crippen LogP contribution is -2.32. The summed E-state index contributed by atoms with van der Waals surface area (Å²) in [5.74, 6) is -0.508. The number of carbonyl (C=O) groups excluding carboxylic acids is 2. The molecule has 0 aromatic heterocycles. The van der Waals surface area contributed by atoms with Gasteiger partial charge in [0.2, 0.25) is 11.8 Å². The number of anilines is 1. The van der Waals surface area contributed by atoms with Gasteiger partial charge in [0.25, 0.3) is 0 Å². The summed E-state index contributed by atoms with van der Waals surface area (Å²) >= 11 is 6.21. The van der Waals surface area contributed by atoms with Gasteiger partial charge in [-0.15, -0.1) is 0 Å². The smallest absolute Gasteiger partial charge is 0.227 e. The summed E-state index contributed by atoms with van der Waals surface area (Å²) in [5, 5.41) is 3.50. The Labute approximate surface area is 176 Å². The Morgan fingerprint density at radius 3 is 2.45 bits per heavy atom. The molecular formula is C23H26ClN3O2. The summed E-state index contributed by atoms with van der Waals surface area (Å²) in [6.45, 7) is 4.20. The molecule has 4 rings (SSSR count). The van der Waals surface area contributed by atoms with Crippen LogP contribution in [0.2, 0.25) is 5.02 Å². The third-order valence-corrected chi connectivity index (χ3v) is 6.05. The summed E-state index contributed by atoms with van der Waals surface area (Å²) in [7, 11) is 0. The van der Waals surface area contributed by atoms with E-state index in [1.165, 1.54) is 31.5 Å². The van der Waals surface area contributed by atoms with E-state index < -0.39 is 0 Å². The Balaban J connectivity index is 1.29. The van der Waals surface area contributed by atoms with Crippen molar-refractivity contribution in [3.63, 3.8) is 0 Å². The SMILES string of the molecule is O=C(NCc1ccc(CN2CCCC2)cc1)C1CC(=O)N(c2ccccc2Cl)C1. The summed E-state index contributed by atoms with van der Waals surface area (Å²) in [5.41, 5.74) is 3.04. The minimum absolute atomic E-state index is 0.0653. The lowest BCUT2D eigenvalue weighted by atomic mass is 10.1. The number of rotatable bonds is 6. The zero-order valence-electron chi connectivity index (χ0n) is 16.4. The van der Waals surface area contributed by atoms with Crippen LogP contribution in [0, 0.1) is 5.92 Å². The van der Waals surface area contributed by atoms with Crippen LogP contribution in [0.15, 0.2) is 48.5 Å². The molecule has 2 aromatic carbocycles. The first-order chi connectivity index (χ1) is 14.1. The summed E-state index contributed by atoms with van der Waals surface area (Å²) in [4.78, 5) is 29.1. The van der Waals surface area contributed by atoms with Gasteiger partial charge in [-0.05, 0) is 49.2 Å². The number of carbonyl (C=O) groups is 2. The molecule has 2 heterocycles. The predicted molar refractivity (Wildman–Crippen MR) is 115 cm³/mol. The summed E-state index contributed by atoms with van der Waals surface area (Å²) in [6.07, 6.45) is 2.80. The normalized spacial score (nSPS) is 19.7. The van der Waals surface area contributed by atoms with E-state index in [1.54, 1.807) is 11.0 Å². The molecule has 29 heavy (non-hydrogen) atoms. The van der Waals surface area contributed by atoms with Crippen LogP contribution in [0.5, 0.6) is 0 Å². The maximum Gasteiger partial charge on any atom is 0.227 e. The fourth-order valence-corrected chi connectivity index (χ4v) is 4.32. The third kappa shape index (κ3) is 4.80. The number of nitrogens with zero attached hydrogens (tertiary/aromatic N) is 2. The van der Waals surface area contributed by atoms with Crippen LogP contribution < -0.4 is 10.2 Å². The largest absolute Gasteiger partial charge is 0.352 e. The van der Waals surface area contributed by atoms with Crippen LogP contribution in [-0.4, -0.2) is 36.3 Å². The zero-order valence-corrected chi connectivity index (χ0v) is 17.2. The highest BCUT2D eigenvalue weighted by molar-refractivity contribution is 6.33. The van der Waals surface area contributed by atoms with E-state index in [0.717, 1.165) is 12.1 Å². The van der Waals surface area contributed by atoms with E-state index in [0.29, 0.717) is 23.8 Å². The van der Waals surface area contributed by atoms with Crippen molar-refractivity contribution in [1.29, 1.82) is 0 Å². The molecule has 0 aliphatic carbocycles. The molecule has 0 bridgehead atoms. The second-order valence-corrected chi connectivity index (χ2v) is 8.28. The Morgan fingerprint density at radius 1 is 1.03 bits per heavy atom. The highest BCUT2D eigenvalue weighted by Gasteiger charge is 2.35. The molecule has 2 saturated heterocycles. The van der Waals surface area contributed by atoms with Crippen molar-refractivity contribution in [2.24, 2.45) is 5.92 Å². The number of likely N-dealkylation sites (tertiary alicyclic amines) is 1. The first-order valence-corrected chi connectivity index (χ1v) is 10.6. The highest BCUT2D eigenvalue weighted by atomic mass is 35.5. The number of halogens is 1. The maximum atomic E-state index is 12.6. The van der Waals surface area contributed by atoms with Crippen molar-refractivity contribution in [3.8, 4) is 0 Å². The van der Waals surface area contributed by atoms with Gasteiger partial charge in [-0.1, -0.05) is 48.0 Å². The third-order valence-electron chi connectivity index (χ3n) is 5.73. The van der Waals surface area contributed by atoms with Gasteiger partial charge in [0.15, 0.2) is 0 Å². The molecular weight excluding hydrogens is 386 g/mol. The van der Waals surface area contributed by atoms with Crippen LogP contribution in [-0.2, 0) is 22.7 Å². The number of nitrogens with one attached hydrogen (secondary N) is 1. The van der Waals surface area contributed by atoms with Crippen molar-refractivity contribution in [2.45, 2.75) is 32.4 Å². The minimum atomic E-state index is -0.354. The number of para-hydroxylation sites is 1. The second kappa shape index (κ2) is 8.97. The topological polar surface area (TPSA) is 52.7 Å². The molecule has 1 N–H and O–H groups in total. The molecule has 2 aliphatic heterocycles. The maximum absolute atomic E-state index is 12.6. The highest BCUT2D eigenvalue weighted by Crippen LogP contribution is 2.31. The van der Waals surface area contributed by atoms with E-state index in [1.807, 2.05) is 18.2 Å². The molecule has 0 spiro atoms. The number of amides is 2. The zero-order chi connectivity index (χ0) is 20.2. The molecule has 1 unspecified atom stereocenters. The van der Waals surface area contributed by atoms with Crippen LogP contribution >= 0.6 is 11.6 Å². The minimum Gasteiger partial charge on any atom is -0.352 e. The van der Waals surface area contributed by atoms with Crippen LogP contribution in [0.4, 0.5) is 5.69 Å². The second-order valence-electron chi connectivity index (χ2n) is 7.87. The molecule has 2 amide bonds. The van der Waals surface area contributed by atoms with Gasteiger partial charge >= 0.3 is 0 Å². The van der Waals surface area contributed by atoms with Crippen molar-refractivity contribution >= 4 is 29.1 Å². The van der Waals surface area contributed by atoms with Crippen LogP contribution in [0.1, 0.15) is 30.4 Å². The Bertz CT molecular complexity index is 878. The van der Waals surface area contributed by atoms with E-state index in [4.69, 9.17) is 11.6 Å². The predicted octanol–water partition coefficient (Wildman–Crippen LogP) is 3.61. The van der Waals surface area contributed by atoms with E-state index in [9.17, 15) is 9.59 Å². The molecule has 2 aromatic rings. The van der Waals surface area contributed by atoms with Gasteiger partial charge in [-0.3, -0.25) is 14.5 Å². The fraction of sp³-hybridized carbons (Fsp3) is 0.391. The lowest BCUT2D eigenvalue weighted by molar-refractivity contribution is -0.126. The first kappa shape index (κ1) is 19.9. The molecule has 2 fully saturated rings. The molecule has 5 nitrogen and oxygen atoms in total.